The van der Waals surface area contributed by atoms with E-state index in [0.717, 1.165) is 34.6 Å². The second kappa shape index (κ2) is 5.50. The van der Waals surface area contributed by atoms with E-state index in [1.807, 2.05) is 18.2 Å². The average Bonchev–Trinajstić information content (AvgIpc) is 2.29. The third-order valence-electron chi connectivity index (χ3n) is 2.82. The molecular weight excluding hydrogens is 289 g/mol. The minimum atomic E-state index is 0.0688. The van der Waals surface area contributed by atoms with Crippen LogP contribution >= 0.6 is 27.5 Å². The van der Waals surface area contributed by atoms with Crippen molar-refractivity contribution < 1.29 is 4.74 Å². The van der Waals surface area contributed by atoms with E-state index in [9.17, 15) is 0 Å². The Hall–Kier alpha value is -0.0900. The van der Waals surface area contributed by atoms with Crippen LogP contribution in [0.5, 0.6) is 0 Å². The molecule has 0 radical (unpaired) electrons. The van der Waals surface area contributed by atoms with Gasteiger partial charge in [0.1, 0.15) is 0 Å². The lowest BCUT2D eigenvalue weighted by molar-refractivity contribution is -0.0399. The van der Waals surface area contributed by atoms with Gasteiger partial charge in [-0.1, -0.05) is 40.5 Å². The van der Waals surface area contributed by atoms with Gasteiger partial charge in [-0.15, -0.1) is 0 Å². The molecule has 0 amide bonds. The van der Waals surface area contributed by atoms with Gasteiger partial charge < -0.3 is 10.1 Å². The second-order valence-electron chi connectivity index (χ2n) is 3.98. The first-order chi connectivity index (χ1) is 7.70. The molecule has 1 fully saturated rings. The van der Waals surface area contributed by atoms with Crippen LogP contribution in [0.15, 0.2) is 22.7 Å². The van der Waals surface area contributed by atoms with Gasteiger partial charge in [0.05, 0.1) is 12.2 Å². The minimum absolute atomic E-state index is 0.0688. The summed E-state index contributed by atoms with van der Waals surface area (Å²) in [7, 11) is 0. The van der Waals surface area contributed by atoms with Crippen LogP contribution in [0.2, 0.25) is 5.02 Å². The first kappa shape index (κ1) is 12.4. The number of morpholine rings is 1. The zero-order valence-electron chi connectivity index (χ0n) is 9.17. The molecule has 4 heteroatoms. The number of hydrogen-bond acceptors (Lipinski definition) is 2. The largest absolute Gasteiger partial charge is 0.368 e. The Balaban J connectivity index is 2.16. The number of rotatable bonds is 2. The van der Waals surface area contributed by atoms with Crippen molar-refractivity contribution in [2.45, 2.75) is 25.6 Å². The molecule has 1 aliphatic rings. The van der Waals surface area contributed by atoms with Crippen LogP contribution in [0, 0.1) is 0 Å². The summed E-state index contributed by atoms with van der Waals surface area (Å²) in [6, 6.07) is 5.94. The maximum atomic E-state index is 6.22. The third kappa shape index (κ3) is 2.77. The Kier molecular flexibility index (Phi) is 4.25. The summed E-state index contributed by atoms with van der Waals surface area (Å²) < 4.78 is 6.98. The fraction of sp³-hybridized carbons (Fsp3) is 0.500. The highest BCUT2D eigenvalue weighted by Crippen LogP contribution is 2.30. The van der Waals surface area contributed by atoms with Crippen molar-refractivity contribution in [3.8, 4) is 0 Å². The predicted octanol–water partition coefficient (Wildman–Crippen LogP) is 3.54. The molecule has 0 saturated carbocycles. The molecule has 0 aromatic heterocycles. The van der Waals surface area contributed by atoms with E-state index >= 15 is 0 Å². The van der Waals surface area contributed by atoms with Crippen molar-refractivity contribution in [1.29, 1.82) is 0 Å². The van der Waals surface area contributed by atoms with Crippen molar-refractivity contribution in [3.63, 3.8) is 0 Å². The topological polar surface area (TPSA) is 21.3 Å². The first-order valence-corrected chi connectivity index (χ1v) is 6.69. The number of ether oxygens (including phenoxy) is 1. The lowest BCUT2D eigenvalue weighted by Crippen LogP contribution is -2.40. The molecule has 16 heavy (non-hydrogen) atoms. The van der Waals surface area contributed by atoms with Crippen LogP contribution in [0.4, 0.5) is 0 Å². The lowest BCUT2D eigenvalue weighted by atomic mass is 10.1. The highest BCUT2D eigenvalue weighted by atomic mass is 79.9. The SMILES string of the molecule is CCC1CNCC(c2ccc(Br)cc2Cl)O1. The Morgan fingerprint density at radius 3 is 3.00 bits per heavy atom. The molecule has 1 heterocycles. The highest BCUT2D eigenvalue weighted by Gasteiger charge is 2.23. The van der Waals surface area contributed by atoms with Gasteiger partial charge in [0.2, 0.25) is 0 Å². The van der Waals surface area contributed by atoms with Crippen LogP contribution in [-0.4, -0.2) is 19.2 Å². The zero-order chi connectivity index (χ0) is 11.5. The van der Waals surface area contributed by atoms with Crippen LogP contribution in [0.25, 0.3) is 0 Å². The van der Waals surface area contributed by atoms with E-state index in [1.165, 1.54) is 0 Å². The van der Waals surface area contributed by atoms with Crippen LogP contribution in [-0.2, 0) is 4.74 Å². The molecule has 2 atom stereocenters. The van der Waals surface area contributed by atoms with Gasteiger partial charge in [-0.3, -0.25) is 0 Å². The van der Waals surface area contributed by atoms with E-state index in [0.29, 0.717) is 6.10 Å². The first-order valence-electron chi connectivity index (χ1n) is 5.52. The molecule has 2 rings (SSSR count). The fourth-order valence-electron chi connectivity index (χ4n) is 1.89. The Labute approximate surface area is 109 Å². The highest BCUT2D eigenvalue weighted by molar-refractivity contribution is 9.10. The lowest BCUT2D eigenvalue weighted by Gasteiger charge is -2.31. The third-order valence-corrected chi connectivity index (χ3v) is 3.64. The minimum Gasteiger partial charge on any atom is -0.368 e. The van der Waals surface area contributed by atoms with E-state index in [4.69, 9.17) is 16.3 Å². The normalized spacial score (nSPS) is 25.7. The van der Waals surface area contributed by atoms with Crippen molar-refractivity contribution in [3.05, 3.63) is 33.3 Å². The van der Waals surface area contributed by atoms with Crippen molar-refractivity contribution in [2.24, 2.45) is 0 Å². The molecule has 1 N–H and O–H groups in total. The van der Waals surface area contributed by atoms with E-state index in [2.05, 4.69) is 28.2 Å². The Morgan fingerprint density at radius 2 is 2.31 bits per heavy atom. The quantitative estimate of drug-likeness (QED) is 0.902. The van der Waals surface area contributed by atoms with Crippen LogP contribution in [0.3, 0.4) is 0 Å². The maximum absolute atomic E-state index is 6.22. The van der Waals surface area contributed by atoms with Crippen molar-refractivity contribution in [2.75, 3.05) is 13.1 Å². The van der Waals surface area contributed by atoms with Crippen LogP contribution in [0.1, 0.15) is 25.0 Å². The van der Waals surface area contributed by atoms with Crippen LogP contribution < -0.4 is 5.32 Å². The zero-order valence-corrected chi connectivity index (χ0v) is 11.5. The Morgan fingerprint density at radius 1 is 1.50 bits per heavy atom. The van der Waals surface area contributed by atoms with Gasteiger partial charge in [-0.05, 0) is 18.6 Å². The fourth-order valence-corrected chi connectivity index (χ4v) is 2.69. The summed E-state index contributed by atoms with van der Waals surface area (Å²) in [5.74, 6) is 0. The number of hydrogen-bond donors (Lipinski definition) is 1. The summed E-state index contributed by atoms with van der Waals surface area (Å²) in [6.07, 6.45) is 1.38. The molecule has 1 saturated heterocycles. The van der Waals surface area contributed by atoms with E-state index in [-0.39, 0.29) is 6.10 Å². The summed E-state index contributed by atoms with van der Waals surface area (Å²) in [4.78, 5) is 0. The molecule has 0 bridgehead atoms. The molecule has 2 nitrogen and oxygen atoms in total. The number of nitrogens with one attached hydrogen (secondary N) is 1. The van der Waals surface area contributed by atoms with Crippen molar-refractivity contribution in [1.82, 2.24) is 5.32 Å². The van der Waals surface area contributed by atoms with Gasteiger partial charge in [-0.2, -0.15) is 0 Å². The maximum Gasteiger partial charge on any atom is 0.0968 e. The molecule has 1 aromatic rings. The van der Waals surface area contributed by atoms with Gasteiger partial charge in [0.25, 0.3) is 0 Å². The van der Waals surface area contributed by atoms with Gasteiger partial charge in [0, 0.05) is 28.1 Å². The molecular formula is C12H15BrClNO. The number of benzene rings is 1. The molecule has 0 aliphatic carbocycles. The van der Waals surface area contributed by atoms with Crippen molar-refractivity contribution >= 4 is 27.5 Å². The standard InChI is InChI=1S/C12H15BrClNO/c1-2-9-6-15-7-12(16-9)10-4-3-8(13)5-11(10)14/h3-5,9,12,15H,2,6-7H2,1H3. The smallest absolute Gasteiger partial charge is 0.0968 e. The molecule has 1 aliphatic heterocycles. The average molecular weight is 305 g/mol. The van der Waals surface area contributed by atoms with Gasteiger partial charge in [0.15, 0.2) is 0 Å². The molecule has 1 aromatic carbocycles. The summed E-state index contributed by atoms with van der Waals surface area (Å²) in [5, 5.41) is 4.14. The number of halogens is 2. The van der Waals surface area contributed by atoms with E-state index in [1.54, 1.807) is 0 Å². The monoisotopic (exact) mass is 303 g/mol. The molecule has 0 spiro atoms. The summed E-state index contributed by atoms with van der Waals surface area (Å²) in [6.45, 7) is 3.90. The molecule has 88 valence electrons. The Bertz CT molecular complexity index is 372. The summed E-state index contributed by atoms with van der Waals surface area (Å²) >= 11 is 9.62. The second-order valence-corrected chi connectivity index (χ2v) is 5.30. The summed E-state index contributed by atoms with van der Waals surface area (Å²) in [5.41, 5.74) is 1.07. The predicted molar refractivity (Wildman–Crippen MR) is 69.9 cm³/mol. The molecule has 2 unspecified atom stereocenters. The van der Waals surface area contributed by atoms with Gasteiger partial charge >= 0.3 is 0 Å². The van der Waals surface area contributed by atoms with Gasteiger partial charge in [-0.25, -0.2) is 0 Å². The van der Waals surface area contributed by atoms with E-state index < -0.39 is 0 Å².